The highest BCUT2D eigenvalue weighted by molar-refractivity contribution is 7.26. The average molecular weight is 618 g/mol. The SMILES string of the molecule is c1ccc2cc(-c3nc(-n4c5ccccc5c5cc6ccc7oc8ccccc8c7c6cc54)nc4c3sc3ccccc34)ccc2c1. The minimum atomic E-state index is 0.666. The summed E-state index contributed by atoms with van der Waals surface area (Å²) >= 11 is 1.76. The molecule has 218 valence electrons. The van der Waals surface area contributed by atoms with Gasteiger partial charge in [0.05, 0.1) is 26.9 Å². The fourth-order valence-electron chi connectivity index (χ4n) is 7.44. The maximum atomic E-state index is 6.29. The van der Waals surface area contributed by atoms with E-state index in [1.807, 2.05) is 12.1 Å². The molecule has 47 heavy (non-hydrogen) atoms. The maximum Gasteiger partial charge on any atom is 0.235 e. The number of hydrogen-bond donors (Lipinski definition) is 0. The molecule has 5 heteroatoms. The van der Waals surface area contributed by atoms with E-state index < -0.39 is 0 Å². The Morgan fingerprint density at radius 1 is 0.511 bits per heavy atom. The van der Waals surface area contributed by atoms with Gasteiger partial charge < -0.3 is 4.42 Å². The number of para-hydroxylation sites is 2. The first-order valence-electron chi connectivity index (χ1n) is 15.7. The van der Waals surface area contributed by atoms with Gasteiger partial charge in [-0.25, -0.2) is 9.97 Å². The third kappa shape index (κ3) is 3.52. The third-order valence-electron chi connectivity index (χ3n) is 9.58. The van der Waals surface area contributed by atoms with Gasteiger partial charge in [0, 0.05) is 37.2 Å². The zero-order valence-electron chi connectivity index (χ0n) is 24.9. The van der Waals surface area contributed by atoms with Crippen molar-refractivity contribution >= 4 is 96.9 Å². The van der Waals surface area contributed by atoms with Crippen LogP contribution in [0.2, 0.25) is 0 Å². The molecule has 0 saturated heterocycles. The quantitative estimate of drug-likeness (QED) is 0.194. The van der Waals surface area contributed by atoms with Crippen molar-refractivity contribution in [3.8, 4) is 17.2 Å². The lowest BCUT2D eigenvalue weighted by atomic mass is 10.0. The van der Waals surface area contributed by atoms with E-state index in [1.165, 1.54) is 31.6 Å². The summed E-state index contributed by atoms with van der Waals surface area (Å²) in [5.74, 6) is 0.666. The second-order valence-corrected chi connectivity index (χ2v) is 13.2. The van der Waals surface area contributed by atoms with E-state index in [2.05, 4.69) is 132 Å². The molecule has 11 rings (SSSR count). The van der Waals surface area contributed by atoms with E-state index in [0.29, 0.717) is 5.95 Å². The normalized spacial score (nSPS) is 12.3. The Kier molecular flexibility index (Phi) is 4.96. The smallest absolute Gasteiger partial charge is 0.235 e. The van der Waals surface area contributed by atoms with Crippen molar-refractivity contribution in [2.45, 2.75) is 0 Å². The Morgan fingerprint density at radius 3 is 2.21 bits per heavy atom. The molecule has 0 unspecified atom stereocenters. The van der Waals surface area contributed by atoms with Crippen molar-refractivity contribution in [3.63, 3.8) is 0 Å². The van der Waals surface area contributed by atoms with Crippen LogP contribution in [0.5, 0.6) is 0 Å². The lowest BCUT2D eigenvalue weighted by molar-refractivity contribution is 0.669. The number of nitrogens with zero attached hydrogens (tertiary/aromatic N) is 3. The van der Waals surface area contributed by atoms with Gasteiger partial charge in [0.25, 0.3) is 0 Å². The monoisotopic (exact) mass is 617 g/mol. The van der Waals surface area contributed by atoms with E-state index in [4.69, 9.17) is 14.4 Å². The molecule has 0 saturated carbocycles. The van der Waals surface area contributed by atoms with Crippen molar-refractivity contribution in [1.82, 2.24) is 14.5 Å². The lowest BCUT2D eigenvalue weighted by Gasteiger charge is -2.11. The molecule has 4 aromatic heterocycles. The number of thiophene rings is 1. The summed E-state index contributed by atoms with van der Waals surface area (Å²) in [4.78, 5) is 10.8. The fraction of sp³-hybridized carbons (Fsp3) is 0. The van der Waals surface area contributed by atoms with Gasteiger partial charge in [-0.1, -0.05) is 97.1 Å². The van der Waals surface area contributed by atoms with Crippen molar-refractivity contribution in [1.29, 1.82) is 0 Å². The standard InChI is InChI=1S/C42H23N3OS/c1-2-10-25-21-27(18-17-24(25)9-1)39-41-40(30-13-5-8-16-37(30)47-41)44-42(43-39)45-33-14-6-3-11-28(33)32-22-26-19-20-36-38(31(26)23-34(32)45)29-12-4-7-15-35(29)46-36/h1-23H. The third-order valence-corrected chi connectivity index (χ3v) is 10.7. The van der Waals surface area contributed by atoms with Crippen molar-refractivity contribution in [2.24, 2.45) is 0 Å². The first-order chi connectivity index (χ1) is 23.3. The van der Waals surface area contributed by atoms with Gasteiger partial charge in [0.15, 0.2) is 0 Å². The minimum absolute atomic E-state index is 0.666. The molecule has 0 amide bonds. The van der Waals surface area contributed by atoms with E-state index >= 15 is 0 Å². The van der Waals surface area contributed by atoms with Crippen molar-refractivity contribution in [3.05, 3.63) is 140 Å². The Balaban J connectivity index is 1.29. The van der Waals surface area contributed by atoms with Gasteiger partial charge in [-0.2, -0.15) is 0 Å². The summed E-state index contributed by atoms with van der Waals surface area (Å²) in [7, 11) is 0. The molecule has 0 atom stereocenters. The van der Waals surface area contributed by atoms with Crippen LogP contribution >= 0.6 is 11.3 Å². The highest BCUT2D eigenvalue weighted by atomic mass is 32.1. The van der Waals surface area contributed by atoms with Gasteiger partial charge in [0.1, 0.15) is 11.2 Å². The van der Waals surface area contributed by atoms with Gasteiger partial charge in [-0.05, 0) is 64.0 Å². The molecule has 4 nitrogen and oxygen atoms in total. The molecule has 0 aliphatic rings. The van der Waals surface area contributed by atoms with E-state index in [1.54, 1.807) is 11.3 Å². The molecular formula is C42H23N3OS. The van der Waals surface area contributed by atoms with E-state index in [0.717, 1.165) is 65.2 Å². The summed E-state index contributed by atoms with van der Waals surface area (Å²) in [5.41, 5.74) is 6.95. The molecule has 0 radical (unpaired) electrons. The summed E-state index contributed by atoms with van der Waals surface area (Å²) < 4.78 is 10.9. The van der Waals surface area contributed by atoms with Gasteiger partial charge in [-0.15, -0.1) is 11.3 Å². The first-order valence-corrected chi connectivity index (χ1v) is 16.6. The molecule has 0 aliphatic carbocycles. The number of hydrogen-bond acceptors (Lipinski definition) is 4. The van der Waals surface area contributed by atoms with Crippen LogP contribution in [0.15, 0.2) is 144 Å². The number of furan rings is 1. The van der Waals surface area contributed by atoms with Crippen LogP contribution in [0, 0.1) is 0 Å². The van der Waals surface area contributed by atoms with E-state index in [-0.39, 0.29) is 0 Å². The second kappa shape index (κ2) is 9.25. The zero-order chi connectivity index (χ0) is 30.6. The molecule has 0 fully saturated rings. The Labute approximate surface area is 271 Å². The molecule has 4 heterocycles. The molecule has 0 aliphatic heterocycles. The number of rotatable bonds is 2. The van der Waals surface area contributed by atoms with Crippen LogP contribution in [0.3, 0.4) is 0 Å². The first kappa shape index (κ1) is 25.2. The molecular weight excluding hydrogens is 595 g/mol. The number of aromatic nitrogens is 3. The molecule has 0 N–H and O–H groups in total. The maximum absolute atomic E-state index is 6.29. The fourth-order valence-corrected chi connectivity index (χ4v) is 8.59. The predicted molar refractivity (Wildman–Crippen MR) is 197 cm³/mol. The topological polar surface area (TPSA) is 43.9 Å². The van der Waals surface area contributed by atoms with Crippen molar-refractivity contribution in [2.75, 3.05) is 0 Å². The van der Waals surface area contributed by atoms with Crippen LogP contribution in [-0.2, 0) is 0 Å². The molecule has 0 spiro atoms. The molecule has 11 aromatic rings. The van der Waals surface area contributed by atoms with Crippen LogP contribution < -0.4 is 0 Å². The number of fused-ring (bicyclic) bond motifs is 12. The highest BCUT2D eigenvalue weighted by Crippen LogP contribution is 2.42. The Morgan fingerprint density at radius 2 is 1.28 bits per heavy atom. The van der Waals surface area contributed by atoms with Crippen LogP contribution in [0.4, 0.5) is 0 Å². The summed E-state index contributed by atoms with van der Waals surface area (Å²) in [6.07, 6.45) is 0. The second-order valence-electron chi connectivity index (χ2n) is 12.2. The van der Waals surface area contributed by atoms with Crippen LogP contribution in [-0.4, -0.2) is 14.5 Å². The summed E-state index contributed by atoms with van der Waals surface area (Å²) in [5, 5.41) is 10.5. The predicted octanol–water partition coefficient (Wildman–Crippen LogP) is 11.8. The lowest BCUT2D eigenvalue weighted by Crippen LogP contribution is -2.02. The Bertz CT molecular complexity index is 3090. The minimum Gasteiger partial charge on any atom is -0.456 e. The highest BCUT2D eigenvalue weighted by Gasteiger charge is 2.21. The largest absolute Gasteiger partial charge is 0.456 e. The summed E-state index contributed by atoms with van der Waals surface area (Å²) in [6, 6.07) is 49.5. The van der Waals surface area contributed by atoms with Crippen LogP contribution in [0.25, 0.3) is 103 Å². The van der Waals surface area contributed by atoms with Gasteiger partial charge >= 0.3 is 0 Å². The average Bonchev–Trinajstić information content (AvgIpc) is 3.79. The molecule has 0 bridgehead atoms. The molecule has 7 aromatic carbocycles. The van der Waals surface area contributed by atoms with Gasteiger partial charge in [-0.3, -0.25) is 4.57 Å². The van der Waals surface area contributed by atoms with Gasteiger partial charge in [0.2, 0.25) is 5.95 Å². The van der Waals surface area contributed by atoms with E-state index in [9.17, 15) is 0 Å². The summed E-state index contributed by atoms with van der Waals surface area (Å²) in [6.45, 7) is 0. The van der Waals surface area contributed by atoms with Crippen LogP contribution in [0.1, 0.15) is 0 Å². The number of benzene rings is 7. The van der Waals surface area contributed by atoms with Crippen molar-refractivity contribution < 1.29 is 4.42 Å². The zero-order valence-corrected chi connectivity index (χ0v) is 25.8. The Hall–Kier alpha value is -6.04.